The standard InChI is InChI=1S/C27H20ClF3N6O4/c28-20-4-2-1-3-19(20)23(24(38)35-17-9-27(30,31)10-17)36(18-8-16(29)12-33-13-18)25(39)21-14-41-26(40)37(21)22-7-15(11-32)5-6-34-22/h1-8,12-13,17,21,23H,9-10,14H2,(H,35,38). The minimum atomic E-state index is -2.94. The molecule has 1 saturated heterocycles. The average Bonchev–Trinajstić information content (AvgIpc) is 3.32. The molecule has 41 heavy (non-hydrogen) atoms. The predicted octanol–water partition coefficient (Wildman–Crippen LogP) is 4.15. The molecule has 1 aromatic carbocycles. The fraction of sp³-hybridized carbons (Fsp3) is 0.259. The van der Waals surface area contributed by atoms with Crippen LogP contribution >= 0.6 is 11.6 Å². The van der Waals surface area contributed by atoms with Crippen LogP contribution in [0.25, 0.3) is 0 Å². The summed E-state index contributed by atoms with van der Waals surface area (Å²) in [5, 5.41) is 11.9. The van der Waals surface area contributed by atoms with Crippen LogP contribution in [-0.2, 0) is 14.3 Å². The molecule has 0 spiro atoms. The molecule has 1 aliphatic heterocycles. The van der Waals surface area contributed by atoms with Crippen LogP contribution in [0.1, 0.15) is 30.0 Å². The van der Waals surface area contributed by atoms with E-state index < -0.39 is 67.2 Å². The molecule has 1 aliphatic carbocycles. The number of carbonyl (C=O) groups is 3. The van der Waals surface area contributed by atoms with E-state index in [2.05, 4.69) is 15.3 Å². The first kappa shape index (κ1) is 27.9. The third-order valence-electron chi connectivity index (χ3n) is 6.63. The molecular weight excluding hydrogens is 565 g/mol. The summed E-state index contributed by atoms with van der Waals surface area (Å²) in [4.78, 5) is 50.5. The van der Waals surface area contributed by atoms with Gasteiger partial charge < -0.3 is 10.1 Å². The quantitative estimate of drug-likeness (QED) is 0.442. The molecule has 3 aromatic rings. The fourth-order valence-electron chi connectivity index (χ4n) is 4.71. The van der Waals surface area contributed by atoms with Gasteiger partial charge in [-0.1, -0.05) is 29.8 Å². The van der Waals surface area contributed by atoms with Crippen LogP contribution in [0.2, 0.25) is 5.02 Å². The van der Waals surface area contributed by atoms with Crippen molar-refractivity contribution in [1.29, 1.82) is 5.26 Å². The van der Waals surface area contributed by atoms with Crippen LogP contribution in [0.3, 0.4) is 0 Å². The number of halogens is 4. The lowest BCUT2D eigenvalue weighted by Crippen LogP contribution is -2.56. The molecule has 10 nitrogen and oxygen atoms in total. The number of nitriles is 1. The summed E-state index contributed by atoms with van der Waals surface area (Å²) in [7, 11) is 0. The Balaban J connectivity index is 1.61. The van der Waals surface area contributed by atoms with Crippen molar-refractivity contribution in [3.63, 3.8) is 0 Å². The lowest BCUT2D eigenvalue weighted by atomic mass is 9.87. The highest BCUT2D eigenvalue weighted by Gasteiger charge is 2.49. The van der Waals surface area contributed by atoms with Crippen LogP contribution in [0.15, 0.2) is 61.1 Å². The van der Waals surface area contributed by atoms with E-state index in [1.165, 1.54) is 30.5 Å². The zero-order valence-electron chi connectivity index (χ0n) is 21.0. The van der Waals surface area contributed by atoms with Gasteiger partial charge in [-0.2, -0.15) is 5.26 Å². The Kier molecular flexibility index (Phi) is 7.51. The molecule has 2 aromatic heterocycles. The molecule has 1 N–H and O–H groups in total. The molecule has 0 bridgehead atoms. The predicted molar refractivity (Wildman–Crippen MR) is 139 cm³/mol. The highest BCUT2D eigenvalue weighted by atomic mass is 35.5. The normalized spacial score (nSPS) is 18.6. The number of benzene rings is 1. The van der Waals surface area contributed by atoms with Gasteiger partial charge in [0.15, 0.2) is 6.04 Å². The lowest BCUT2D eigenvalue weighted by molar-refractivity contribution is -0.133. The third kappa shape index (κ3) is 5.64. The van der Waals surface area contributed by atoms with E-state index in [4.69, 9.17) is 16.3 Å². The molecule has 2 atom stereocenters. The van der Waals surface area contributed by atoms with Crippen LogP contribution in [0.5, 0.6) is 0 Å². The van der Waals surface area contributed by atoms with Crippen molar-refractivity contribution in [2.45, 2.75) is 36.9 Å². The number of nitrogens with one attached hydrogen (secondary N) is 1. The fourth-order valence-corrected chi connectivity index (χ4v) is 4.95. The molecule has 0 radical (unpaired) electrons. The smallest absolute Gasteiger partial charge is 0.416 e. The van der Waals surface area contributed by atoms with Crippen molar-refractivity contribution in [3.05, 3.63) is 83.0 Å². The zero-order valence-corrected chi connectivity index (χ0v) is 21.8. The van der Waals surface area contributed by atoms with Crippen LogP contribution in [0.4, 0.5) is 29.5 Å². The topological polar surface area (TPSA) is 129 Å². The van der Waals surface area contributed by atoms with E-state index in [1.54, 1.807) is 12.1 Å². The molecule has 14 heteroatoms. The number of amides is 3. The number of hydrogen-bond acceptors (Lipinski definition) is 7. The maximum atomic E-state index is 14.4. The van der Waals surface area contributed by atoms with Crippen molar-refractivity contribution in [3.8, 4) is 6.07 Å². The second-order valence-electron chi connectivity index (χ2n) is 9.44. The van der Waals surface area contributed by atoms with Gasteiger partial charge in [-0.3, -0.25) is 19.5 Å². The highest BCUT2D eigenvalue weighted by Crippen LogP contribution is 2.39. The van der Waals surface area contributed by atoms with E-state index in [-0.39, 0.29) is 27.7 Å². The molecule has 2 aliphatic rings. The van der Waals surface area contributed by atoms with Gasteiger partial charge in [0, 0.05) is 41.7 Å². The van der Waals surface area contributed by atoms with Gasteiger partial charge in [-0.05, 0) is 18.2 Å². The number of ether oxygens (including phenoxy) is 1. The van der Waals surface area contributed by atoms with E-state index in [0.717, 1.165) is 28.3 Å². The Morgan fingerprint density at radius 2 is 1.98 bits per heavy atom. The summed E-state index contributed by atoms with van der Waals surface area (Å²) in [6, 6.07) is 7.71. The highest BCUT2D eigenvalue weighted by molar-refractivity contribution is 6.31. The van der Waals surface area contributed by atoms with Gasteiger partial charge >= 0.3 is 6.09 Å². The summed E-state index contributed by atoms with van der Waals surface area (Å²) in [5.74, 6) is -5.62. The minimum Gasteiger partial charge on any atom is -0.446 e. The van der Waals surface area contributed by atoms with Crippen molar-refractivity contribution in [2.75, 3.05) is 16.4 Å². The van der Waals surface area contributed by atoms with E-state index in [1.807, 2.05) is 6.07 Å². The van der Waals surface area contributed by atoms with Gasteiger partial charge in [-0.15, -0.1) is 0 Å². The van der Waals surface area contributed by atoms with Crippen LogP contribution in [-0.4, -0.2) is 52.5 Å². The number of carbonyl (C=O) groups excluding carboxylic acids is 3. The molecule has 3 heterocycles. The number of alkyl halides is 2. The van der Waals surface area contributed by atoms with Crippen molar-refractivity contribution in [1.82, 2.24) is 15.3 Å². The Hall–Kier alpha value is -4.70. The van der Waals surface area contributed by atoms with Crippen molar-refractivity contribution < 1.29 is 32.3 Å². The zero-order chi connectivity index (χ0) is 29.3. The Morgan fingerprint density at radius 3 is 2.66 bits per heavy atom. The minimum absolute atomic E-state index is 0.0627. The average molecular weight is 585 g/mol. The Bertz CT molecular complexity index is 1560. The van der Waals surface area contributed by atoms with Crippen molar-refractivity contribution in [2.24, 2.45) is 0 Å². The van der Waals surface area contributed by atoms with Gasteiger partial charge in [-0.25, -0.2) is 27.8 Å². The largest absolute Gasteiger partial charge is 0.446 e. The molecular formula is C27H20ClF3N6O4. The number of hydrogen-bond donors (Lipinski definition) is 1. The molecule has 2 fully saturated rings. The van der Waals surface area contributed by atoms with Gasteiger partial charge in [0.25, 0.3) is 11.8 Å². The number of rotatable bonds is 7. The number of nitrogens with zero attached hydrogens (tertiary/aromatic N) is 5. The first-order valence-corrected chi connectivity index (χ1v) is 12.6. The van der Waals surface area contributed by atoms with E-state index >= 15 is 0 Å². The number of cyclic esters (lactones) is 1. The Morgan fingerprint density at radius 1 is 1.22 bits per heavy atom. The maximum absolute atomic E-state index is 14.4. The first-order valence-electron chi connectivity index (χ1n) is 12.3. The molecule has 210 valence electrons. The maximum Gasteiger partial charge on any atom is 0.416 e. The van der Waals surface area contributed by atoms with Crippen LogP contribution < -0.4 is 15.1 Å². The summed E-state index contributed by atoms with van der Waals surface area (Å²) in [5.41, 5.74) is 0.0847. The SMILES string of the molecule is N#Cc1ccnc(N2C(=O)OCC2C(=O)N(c2cncc(F)c2)C(C(=O)NC2CC(F)(F)C2)c2ccccc2Cl)c1. The first-order chi connectivity index (χ1) is 19.6. The number of anilines is 2. The van der Waals surface area contributed by atoms with Gasteiger partial charge in [0.1, 0.15) is 24.3 Å². The summed E-state index contributed by atoms with van der Waals surface area (Å²) in [6.07, 6.45) is 1.15. The summed E-state index contributed by atoms with van der Waals surface area (Å²) in [6.45, 7) is -0.471. The second-order valence-corrected chi connectivity index (χ2v) is 9.85. The number of aromatic nitrogens is 2. The third-order valence-corrected chi connectivity index (χ3v) is 6.97. The lowest BCUT2D eigenvalue weighted by Gasteiger charge is -2.38. The monoisotopic (exact) mass is 584 g/mol. The van der Waals surface area contributed by atoms with E-state index in [9.17, 15) is 32.8 Å². The molecule has 2 unspecified atom stereocenters. The summed E-state index contributed by atoms with van der Waals surface area (Å²) >= 11 is 6.44. The molecule has 1 saturated carbocycles. The van der Waals surface area contributed by atoms with Crippen LogP contribution in [0, 0.1) is 17.1 Å². The van der Waals surface area contributed by atoms with E-state index in [0.29, 0.717) is 0 Å². The Labute approximate surface area is 236 Å². The summed E-state index contributed by atoms with van der Waals surface area (Å²) < 4.78 is 46.7. The molecule has 5 rings (SSSR count). The van der Waals surface area contributed by atoms with Gasteiger partial charge in [0.2, 0.25) is 5.91 Å². The second kappa shape index (κ2) is 11.1. The van der Waals surface area contributed by atoms with Gasteiger partial charge in [0.05, 0.1) is 29.7 Å². The van der Waals surface area contributed by atoms with Crippen molar-refractivity contribution >= 4 is 41.0 Å². The number of pyridine rings is 2. The molecule has 3 amide bonds.